The molecule has 0 spiro atoms. The molecule has 1 aliphatic carbocycles. The van der Waals surface area contributed by atoms with Gasteiger partial charge < -0.3 is 15.5 Å². The lowest BCUT2D eigenvalue weighted by atomic mass is 9.96. The number of nitrogens with one attached hydrogen (secondary N) is 2. The van der Waals surface area contributed by atoms with Crippen LogP contribution in [0.5, 0.6) is 0 Å². The van der Waals surface area contributed by atoms with Gasteiger partial charge in [-0.3, -0.25) is 4.99 Å². The summed E-state index contributed by atoms with van der Waals surface area (Å²) in [4.78, 5) is 10.9. The normalized spacial score (nSPS) is 14.9. The molecule has 1 fully saturated rings. The van der Waals surface area contributed by atoms with Crippen molar-refractivity contribution in [3.05, 3.63) is 59.5 Å². The standard InChI is InChI=1S/C20H26FN5.HI/c1-22-19(23-13-17-8-5-9-18(25-17)26(2)3)24-14-20(10-11-20)15-6-4-7-16(21)12-15;/h4-9,12H,10-11,13-14H2,1-3H3,(H2,22,23,24);1H. The highest BCUT2D eigenvalue weighted by molar-refractivity contribution is 14.0. The van der Waals surface area contributed by atoms with E-state index in [0.29, 0.717) is 6.54 Å². The Kier molecular flexibility index (Phi) is 7.41. The van der Waals surface area contributed by atoms with Crippen LogP contribution in [-0.2, 0) is 12.0 Å². The van der Waals surface area contributed by atoms with E-state index in [-0.39, 0.29) is 35.2 Å². The number of hydrogen-bond acceptors (Lipinski definition) is 3. The number of benzene rings is 1. The first kappa shape index (κ1) is 21.4. The van der Waals surface area contributed by atoms with Crippen LogP contribution >= 0.6 is 24.0 Å². The van der Waals surface area contributed by atoms with E-state index >= 15 is 0 Å². The molecule has 0 radical (unpaired) electrons. The number of guanidine groups is 1. The van der Waals surface area contributed by atoms with Gasteiger partial charge in [-0.05, 0) is 42.7 Å². The second kappa shape index (κ2) is 9.34. The number of halogens is 2. The van der Waals surface area contributed by atoms with Gasteiger partial charge in [0.25, 0.3) is 0 Å². The summed E-state index contributed by atoms with van der Waals surface area (Å²) in [5.41, 5.74) is 2.02. The third kappa shape index (κ3) is 5.54. The van der Waals surface area contributed by atoms with Crippen molar-refractivity contribution >= 4 is 35.8 Å². The molecule has 0 atom stereocenters. The molecule has 5 nitrogen and oxygen atoms in total. The third-order valence-electron chi connectivity index (χ3n) is 4.80. The third-order valence-corrected chi connectivity index (χ3v) is 4.80. The van der Waals surface area contributed by atoms with Gasteiger partial charge in [-0.1, -0.05) is 18.2 Å². The Morgan fingerprint density at radius 3 is 2.56 bits per heavy atom. The second-order valence-electron chi connectivity index (χ2n) is 6.95. The molecule has 2 aromatic rings. The van der Waals surface area contributed by atoms with Crippen LogP contribution in [0.1, 0.15) is 24.1 Å². The van der Waals surface area contributed by atoms with Crippen molar-refractivity contribution < 1.29 is 4.39 Å². The lowest BCUT2D eigenvalue weighted by molar-refractivity contribution is 0.607. The molecule has 0 bridgehead atoms. The molecule has 0 unspecified atom stereocenters. The Morgan fingerprint density at radius 1 is 1.19 bits per heavy atom. The predicted molar refractivity (Wildman–Crippen MR) is 119 cm³/mol. The van der Waals surface area contributed by atoms with Crippen LogP contribution in [0.25, 0.3) is 0 Å². The zero-order chi connectivity index (χ0) is 18.6. The van der Waals surface area contributed by atoms with Crippen LogP contribution in [-0.4, -0.2) is 38.6 Å². The SMILES string of the molecule is CN=C(NCc1cccc(N(C)C)n1)NCC1(c2cccc(F)c2)CC1.I. The second-order valence-corrected chi connectivity index (χ2v) is 6.95. The molecule has 1 saturated carbocycles. The van der Waals surface area contributed by atoms with E-state index in [4.69, 9.17) is 0 Å². The summed E-state index contributed by atoms with van der Waals surface area (Å²) in [5.74, 6) is 1.48. The molecular weight excluding hydrogens is 456 g/mol. The molecule has 0 saturated heterocycles. The molecule has 146 valence electrons. The molecule has 1 aromatic carbocycles. The lowest BCUT2D eigenvalue weighted by Gasteiger charge is -2.19. The highest BCUT2D eigenvalue weighted by atomic mass is 127. The molecule has 1 aliphatic rings. The largest absolute Gasteiger partial charge is 0.363 e. The van der Waals surface area contributed by atoms with Gasteiger partial charge in [-0.25, -0.2) is 9.37 Å². The van der Waals surface area contributed by atoms with E-state index in [0.717, 1.165) is 42.4 Å². The van der Waals surface area contributed by atoms with Gasteiger partial charge in [0.05, 0.1) is 12.2 Å². The topological polar surface area (TPSA) is 52.6 Å². The number of nitrogens with zero attached hydrogens (tertiary/aromatic N) is 3. The van der Waals surface area contributed by atoms with Crippen molar-refractivity contribution in [2.75, 3.05) is 32.6 Å². The number of rotatable bonds is 6. The number of anilines is 1. The zero-order valence-electron chi connectivity index (χ0n) is 16.0. The quantitative estimate of drug-likeness (QED) is 0.376. The molecule has 27 heavy (non-hydrogen) atoms. The van der Waals surface area contributed by atoms with Crippen molar-refractivity contribution in [2.24, 2.45) is 4.99 Å². The van der Waals surface area contributed by atoms with E-state index in [9.17, 15) is 4.39 Å². The highest BCUT2D eigenvalue weighted by Crippen LogP contribution is 2.47. The van der Waals surface area contributed by atoms with Crippen molar-refractivity contribution in [2.45, 2.75) is 24.8 Å². The van der Waals surface area contributed by atoms with E-state index in [2.05, 4.69) is 20.6 Å². The summed E-state index contributed by atoms with van der Waals surface area (Å²) in [7, 11) is 5.70. The number of pyridine rings is 1. The van der Waals surface area contributed by atoms with E-state index in [1.165, 1.54) is 6.07 Å². The van der Waals surface area contributed by atoms with E-state index in [1.54, 1.807) is 19.2 Å². The summed E-state index contributed by atoms with van der Waals surface area (Å²) in [5, 5.41) is 6.67. The summed E-state index contributed by atoms with van der Waals surface area (Å²) in [6.07, 6.45) is 2.12. The fourth-order valence-electron chi connectivity index (χ4n) is 3.00. The Hall–Kier alpha value is -1.90. The molecule has 2 N–H and O–H groups in total. The average Bonchev–Trinajstić information content (AvgIpc) is 3.43. The molecular formula is C20H27FIN5. The van der Waals surface area contributed by atoms with Crippen LogP contribution < -0.4 is 15.5 Å². The summed E-state index contributed by atoms with van der Waals surface area (Å²) in [6, 6.07) is 12.9. The summed E-state index contributed by atoms with van der Waals surface area (Å²) < 4.78 is 13.5. The lowest BCUT2D eigenvalue weighted by Crippen LogP contribution is -2.41. The maximum absolute atomic E-state index is 13.5. The predicted octanol–water partition coefficient (Wildman–Crippen LogP) is 3.30. The maximum atomic E-state index is 13.5. The van der Waals surface area contributed by atoms with Gasteiger partial charge in [-0.2, -0.15) is 0 Å². The first-order valence-electron chi connectivity index (χ1n) is 8.86. The Morgan fingerprint density at radius 2 is 1.93 bits per heavy atom. The molecule has 7 heteroatoms. The van der Waals surface area contributed by atoms with Crippen molar-refractivity contribution in [3.8, 4) is 0 Å². The summed E-state index contributed by atoms with van der Waals surface area (Å²) in [6.45, 7) is 1.33. The van der Waals surface area contributed by atoms with Gasteiger partial charge in [-0.15, -0.1) is 24.0 Å². The van der Waals surface area contributed by atoms with Crippen LogP contribution in [0.3, 0.4) is 0 Å². The van der Waals surface area contributed by atoms with Gasteiger partial charge >= 0.3 is 0 Å². The van der Waals surface area contributed by atoms with Crippen molar-refractivity contribution in [1.29, 1.82) is 0 Å². The maximum Gasteiger partial charge on any atom is 0.191 e. The minimum atomic E-state index is -0.178. The van der Waals surface area contributed by atoms with Crippen LogP contribution in [0.4, 0.5) is 10.2 Å². The Balaban J connectivity index is 0.00000261. The van der Waals surface area contributed by atoms with Crippen LogP contribution in [0, 0.1) is 5.82 Å². The number of hydrogen-bond donors (Lipinski definition) is 2. The van der Waals surface area contributed by atoms with E-state index < -0.39 is 0 Å². The monoisotopic (exact) mass is 483 g/mol. The number of aliphatic imine (C=N–C) groups is 1. The van der Waals surface area contributed by atoms with Gasteiger partial charge in [0, 0.05) is 33.1 Å². The summed E-state index contributed by atoms with van der Waals surface area (Å²) >= 11 is 0. The first-order chi connectivity index (χ1) is 12.5. The van der Waals surface area contributed by atoms with E-state index in [1.807, 2.05) is 43.3 Å². The van der Waals surface area contributed by atoms with Gasteiger partial charge in [0.1, 0.15) is 11.6 Å². The fourth-order valence-corrected chi connectivity index (χ4v) is 3.00. The number of aromatic nitrogens is 1. The van der Waals surface area contributed by atoms with Crippen LogP contribution in [0.15, 0.2) is 47.5 Å². The van der Waals surface area contributed by atoms with Gasteiger partial charge in [0.15, 0.2) is 5.96 Å². The highest BCUT2D eigenvalue weighted by Gasteiger charge is 2.44. The Labute approximate surface area is 177 Å². The minimum Gasteiger partial charge on any atom is -0.363 e. The minimum absolute atomic E-state index is 0. The average molecular weight is 483 g/mol. The molecule has 1 heterocycles. The van der Waals surface area contributed by atoms with Crippen LogP contribution in [0.2, 0.25) is 0 Å². The first-order valence-corrected chi connectivity index (χ1v) is 8.86. The van der Waals surface area contributed by atoms with Crippen molar-refractivity contribution in [3.63, 3.8) is 0 Å². The molecule has 3 rings (SSSR count). The fraction of sp³-hybridized carbons (Fsp3) is 0.400. The Bertz CT molecular complexity index is 789. The van der Waals surface area contributed by atoms with Crippen molar-refractivity contribution in [1.82, 2.24) is 15.6 Å². The molecule has 1 aromatic heterocycles. The van der Waals surface area contributed by atoms with Gasteiger partial charge in [0.2, 0.25) is 0 Å². The smallest absolute Gasteiger partial charge is 0.191 e. The zero-order valence-corrected chi connectivity index (χ0v) is 18.3. The molecule has 0 amide bonds. The molecule has 0 aliphatic heterocycles.